The van der Waals surface area contributed by atoms with Crippen LogP contribution in [0.15, 0.2) is 51.9 Å². The number of nitrogen functional groups attached to an aromatic ring is 1. The van der Waals surface area contributed by atoms with Crippen molar-refractivity contribution in [3.8, 4) is 11.3 Å². The van der Waals surface area contributed by atoms with E-state index < -0.39 is 0 Å². The summed E-state index contributed by atoms with van der Waals surface area (Å²) in [5.74, 6) is 1.10. The Hall–Kier alpha value is -2.82. The van der Waals surface area contributed by atoms with E-state index in [1.54, 1.807) is 20.2 Å². The summed E-state index contributed by atoms with van der Waals surface area (Å²) in [7, 11) is 1.63. The third-order valence-corrected chi connectivity index (χ3v) is 4.03. The molecule has 2 N–H and O–H groups in total. The molecule has 2 heterocycles. The lowest BCUT2D eigenvalue weighted by Crippen LogP contribution is -2.25. The van der Waals surface area contributed by atoms with E-state index in [4.69, 9.17) is 10.2 Å². The van der Waals surface area contributed by atoms with E-state index in [0.29, 0.717) is 12.0 Å². The molecule has 0 saturated heterocycles. The molecular formula is C18H19N3O2. The van der Waals surface area contributed by atoms with E-state index in [-0.39, 0.29) is 11.5 Å². The van der Waals surface area contributed by atoms with Crippen LogP contribution in [-0.4, -0.2) is 9.55 Å². The molecule has 0 fully saturated rings. The lowest BCUT2D eigenvalue weighted by atomic mass is 10.0. The first-order chi connectivity index (χ1) is 11.1. The van der Waals surface area contributed by atoms with Crippen LogP contribution in [0, 0.1) is 6.92 Å². The molecule has 0 amide bonds. The van der Waals surface area contributed by atoms with Crippen molar-refractivity contribution in [2.75, 3.05) is 5.73 Å². The van der Waals surface area contributed by atoms with Gasteiger partial charge in [-0.3, -0.25) is 9.36 Å². The van der Waals surface area contributed by atoms with Crippen LogP contribution in [0.4, 0.5) is 5.95 Å². The number of aromatic nitrogens is 2. The van der Waals surface area contributed by atoms with Gasteiger partial charge in [0.1, 0.15) is 5.76 Å². The molecule has 0 aliphatic rings. The van der Waals surface area contributed by atoms with Gasteiger partial charge in [-0.1, -0.05) is 18.2 Å². The van der Waals surface area contributed by atoms with Crippen LogP contribution in [0.5, 0.6) is 0 Å². The number of nitrogens with zero attached hydrogens (tertiary/aromatic N) is 2. The van der Waals surface area contributed by atoms with Crippen molar-refractivity contribution in [2.24, 2.45) is 7.05 Å². The Labute approximate surface area is 134 Å². The highest BCUT2D eigenvalue weighted by molar-refractivity contribution is 5.58. The fraction of sp³-hybridized carbons (Fsp3) is 0.222. The van der Waals surface area contributed by atoms with E-state index in [1.165, 1.54) is 10.1 Å². The van der Waals surface area contributed by atoms with Gasteiger partial charge in [-0.25, -0.2) is 4.98 Å². The van der Waals surface area contributed by atoms with Crippen molar-refractivity contribution < 1.29 is 4.42 Å². The van der Waals surface area contributed by atoms with Gasteiger partial charge in [0.15, 0.2) is 0 Å². The second-order valence-corrected chi connectivity index (χ2v) is 5.58. The molecule has 3 aromatic rings. The van der Waals surface area contributed by atoms with Gasteiger partial charge in [0, 0.05) is 18.2 Å². The normalized spacial score (nSPS) is 10.9. The highest BCUT2D eigenvalue weighted by Crippen LogP contribution is 2.21. The van der Waals surface area contributed by atoms with Gasteiger partial charge in [-0.15, -0.1) is 0 Å². The van der Waals surface area contributed by atoms with E-state index in [0.717, 1.165) is 23.4 Å². The summed E-state index contributed by atoms with van der Waals surface area (Å²) in [6.07, 6.45) is 3.13. The van der Waals surface area contributed by atoms with Crippen LogP contribution in [0.1, 0.15) is 16.8 Å². The Morgan fingerprint density at radius 1 is 1.22 bits per heavy atom. The number of aryl methyl sites for hydroxylation is 2. The van der Waals surface area contributed by atoms with Crippen LogP contribution >= 0.6 is 0 Å². The minimum atomic E-state index is -0.0863. The van der Waals surface area contributed by atoms with Crippen LogP contribution in [-0.2, 0) is 19.9 Å². The van der Waals surface area contributed by atoms with Gasteiger partial charge in [0.25, 0.3) is 5.56 Å². The summed E-state index contributed by atoms with van der Waals surface area (Å²) in [5, 5.41) is 0. The topological polar surface area (TPSA) is 74.0 Å². The third kappa shape index (κ3) is 3.04. The van der Waals surface area contributed by atoms with E-state index in [9.17, 15) is 4.79 Å². The first kappa shape index (κ1) is 15.1. The molecule has 0 radical (unpaired) electrons. The zero-order valence-corrected chi connectivity index (χ0v) is 13.2. The fourth-order valence-electron chi connectivity index (χ4n) is 2.61. The predicted molar refractivity (Wildman–Crippen MR) is 90.2 cm³/mol. The second-order valence-electron chi connectivity index (χ2n) is 5.58. The molecule has 0 spiro atoms. The maximum Gasteiger partial charge on any atom is 0.257 e. The molecule has 5 nitrogen and oxygen atoms in total. The van der Waals surface area contributed by atoms with Crippen molar-refractivity contribution in [3.05, 3.63) is 69.8 Å². The molecule has 0 bridgehead atoms. The Balaban J connectivity index is 1.82. The molecular weight excluding hydrogens is 290 g/mol. The van der Waals surface area contributed by atoms with E-state index in [1.807, 2.05) is 24.3 Å². The number of anilines is 1. The molecule has 0 atom stereocenters. The van der Waals surface area contributed by atoms with Gasteiger partial charge < -0.3 is 10.2 Å². The van der Waals surface area contributed by atoms with E-state index in [2.05, 4.69) is 17.1 Å². The van der Waals surface area contributed by atoms with Gasteiger partial charge in [0.2, 0.25) is 5.95 Å². The van der Waals surface area contributed by atoms with Gasteiger partial charge >= 0.3 is 0 Å². The third-order valence-electron chi connectivity index (χ3n) is 4.03. The Morgan fingerprint density at radius 2 is 2.04 bits per heavy atom. The van der Waals surface area contributed by atoms with Gasteiger partial charge in [-0.05, 0) is 43.5 Å². The summed E-state index contributed by atoms with van der Waals surface area (Å²) in [4.78, 5) is 16.4. The monoisotopic (exact) mass is 309 g/mol. The standard InChI is InChI=1S/C18H19N3O2/c1-12-15(20-18(19)21(2)17(12)22)9-8-13-5-3-6-14(11-13)16-7-4-10-23-16/h3-7,10-11H,8-9H2,1-2H3,(H2,19,20). The number of hydrogen-bond acceptors (Lipinski definition) is 4. The molecule has 2 aromatic heterocycles. The average Bonchev–Trinajstić information content (AvgIpc) is 3.10. The first-order valence-electron chi connectivity index (χ1n) is 7.51. The molecule has 0 aliphatic carbocycles. The van der Waals surface area contributed by atoms with Crippen LogP contribution in [0.2, 0.25) is 0 Å². The Morgan fingerprint density at radius 3 is 2.78 bits per heavy atom. The number of furan rings is 1. The lowest BCUT2D eigenvalue weighted by molar-refractivity contribution is 0.582. The Kier molecular flexibility index (Phi) is 4.02. The maximum absolute atomic E-state index is 12.1. The van der Waals surface area contributed by atoms with E-state index >= 15 is 0 Å². The van der Waals surface area contributed by atoms with Crippen molar-refractivity contribution in [3.63, 3.8) is 0 Å². The smallest absolute Gasteiger partial charge is 0.257 e. The minimum absolute atomic E-state index is 0.0863. The number of benzene rings is 1. The molecule has 5 heteroatoms. The van der Waals surface area contributed by atoms with Crippen molar-refractivity contribution in [1.82, 2.24) is 9.55 Å². The fourth-order valence-corrected chi connectivity index (χ4v) is 2.61. The molecule has 118 valence electrons. The second kappa shape index (κ2) is 6.12. The summed E-state index contributed by atoms with van der Waals surface area (Å²) in [6, 6.07) is 12.0. The van der Waals surface area contributed by atoms with Crippen LogP contribution in [0.25, 0.3) is 11.3 Å². The number of rotatable bonds is 4. The van der Waals surface area contributed by atoms with Crippen molar-refractivity contribution in [2.45, 2.75) is 19.8 Å². The zero-order valence-electron chi connectivity index (χ0n) is 13.2. The summed E-state index contributed by atoms with van der Waals surface area (Å²) in [6.45, 7) is 1.80. The minimum Gasteiger partial charge on any atom is -0.464 e. The predicted octanol–water partition coefficient (Wildman–Crippen LogP) is 2.72. The summed E-state index contributed by atoms with van der Waals surface area (Å²) in [5.41, 5.74) is 9.32. The number of nitrogens with two attached hydrogens (primary N) is 1. The molecule has 0 saturated carbocycles. The zero-order chi connectivity index (χ0) is 16.4. The highest BCUT2D eigenvalue weighted by atomic mass is 16.3. The lowest BCUT2D eigenvalue weighted by Gasteiger charge is -2.09. The first-order valence-corrected chi connectivity index (χ1v) is 7.51. The molecule has 0 unspecified atom stereocenters. The summed E-state index contributed by atoms with van der Waals surface area (Å²) < 4.78 is 6.80. The van der Waals surface area contributed by atoms with Gasteiger partial charge in [0.05, 0.1) is 12.0 Å². The van der Waals surface area contributed by atoms with Gasteiger partial charge in [-0.2, -0.15) is 0 Å². The van der Waals surface area contributed by atoms with Crippen molar-refractivity contribution >= 4 is 5.95 Å². The largest absolute Gasteiger partial charge is 0.464 e. The molecule has 3 rings (SSSR count). The summed E-state index contributed by atoms with van der Waals surface area (Å²) >= 11 is 0. The molecule has 1 aromatic carbocycles. The quantitative estimate of drug-likeness (QED) is 0.804. The van der Waals surface area contributed by atoms with Crippen molar-refractivity contribution in [1.29, 1.82) is 0 Å². The Bertz CT molecular complexity index is 880. The average molecular weight is 309 g/mol. The SMILES string of the molecule is Cc1c(CCc2cccc(-c3ccco3)c2)nc(N)n(C)c1=O. The van der Waals surface area contributed by atoms with Crippen LogP contribution in [0.3, 0.4) is 0 Å². The molecule has 23 heavy (non-hydrogen) atoms. The maximum atomic E-state index is 12.1. The number of hydrogen-bond donors (Lipinski definition) is 1. The van der Waals surface area contributed by atoms with Crippen LogP contribution < -0.4 is 11.3 Å². The molecule has 0 aliphatic heterocycles. The highest BCUT2D eigenvalue weighted by Gasteiger charge is 2.10.